The Kier molecular flexibility index (Phi) is 3.06. The van der Waals surface area contributed by atoms with Crippen LogP contribution in [-0.4, -0.2) is 17.5 Å². The first kappa shape index (κ1) is 10.0. The molecule has 0 N–H and O–H groups in total. The zero-order valence-corrected chi connectivity index (χ0v) is 7.12. The van der Waals surface area contributed by atoms with E-state index >= 15 is 0 Å². The number of hydrogen-bond donors (Lipinski definition) is 0. The number of non-ortho nitro benzene ring substituents is 1. The van der Waals surface area contributed by atoms with E-state index in [1.807, 2.05) is 0 Å². The SMILES string of the molecule is O=CC(C=O)c1ccc([N+](=O)[O-])cc1. The Hall–Kier alpha value is -2.04. The zero-order chi connectivity index (χ0) is 10.6. The maximum absolute atomic E-state index is 10.4. The monoisotopic (exact) mass is 193 g/mol. The van der Waals surface area contributed by atoms with Gasteiger partial charge in [-0.1, -0.05) is 12.1 Å². The zero-order valence-electron chi connectivity index (χ0n) is 7.12. The number of carbonyl (C=O) groups excluding carboxylic acids is 2. The molecule has 0 spiro atoms. The molecule has 0 atom stereocenters. The summed E-state index contributed by atoms with van der Waals surface area (Å²) in [7, 11) is 0. The van der Waals surface area contributed by atoms with Gasteiger partial charge in [0.05, 0.1) is 10.8 Å². The van der Waals surface area contributed by atoms with Gasteiger partial charge in [-0.2, -0.15) is 0 Å². The first-order chi connectivity index (χ1) is 6.69. The Morgan fingerprint density at radius 2 is 1.64 bits per heavy atom. The van der Waals surface area contributed by atoms with E-state index in [4.69, 9.17) is 0 Å². The van der Waals surface area contributed by atoms with Gasteiger partial charge in [0.1, 0.15) is 12.6 Å². The summed E-state index contributed by atoms with van der Waals surface area (Å²) in [5.41, 5.74) is 0.393. The second kappa shape index (κ2) is 4.27. The van der Waals surface area contributed by atoms with E-state index in [0.29, 0.717) is 18.1 Å². The standard InChI is InChI=1S/C9H7NO4/c11-5-8(6-12)7-1-3-9(4-2-7)10(13)14/h1-6,8H. The van der Waals surface area contributed by atoms with Crippen LogP contribution in [0.25, 0.3) is 0 Å². The number of benzene rings is 1. The predicted octanol–water partition coefficient (Wildman–Crippen LogP) is 1.08. The van der Waals surface area contributed by atoms with Crippen LogP contribution in [0.5, 0.6) is 0 Å². The third-order valence-corrected chi connectivity index (χ3v) is 1.78. The Bertz CT molecular complexity index is 350. The predicted molar refractivity (Wildman–Crippen MR) is 48.0 cm³/mol. The molecule has 0 bridgehead atoms. The molecule has 0 saturated carbocycles. The minimum atomic E-state index is -0.837. The quantitative estimate of drug-likeness (QED) is 0.310. The molecule has 5 nitrogen and oxygen atoms in total. The summed E-state index contributed by atoms with van der Waals surface area (Å²) >= 11 is 0. The topological polar surface area (TPSA) is 77.3 Å². The molecule has 0 unspecified atom stereocenters. The molecule has 72 valence electrons. The average Bonchev–Trinajstić information content (AvgIpc) is 2.20. The minimum Gasteiger partial charge on any atom is -0.302 e. The highest BCUT2D eigenvalue weighted by Crippen LogP contribution is 2.16. The molecule has 0 fully saturated rings. The van der Waals surface area contributed by atoms with Crippen LogP contribution in [0.2, 0.25) is 0 Å². The molecule has 14 heavy (non-hydrogen) atoms. The molecule has 1 rings (SSSR count). The van der Waals surface area contributed by atoms with Crippen molar-refractivity contribution in [1.82, 2.24) is 0 Å². The smallest absolute Gasteiger partial charge is 0.269 e. The largest absolute Gasteiger partial charge is 0.302 e. The molecular weight excluding hydrogens is 186 g/mol. The highest BCUT2D eigenvalue weighted by atomic mass is 16.6. The van der Waals surface area contributed by atoms with Crippen LogP contribution in [0.4, 0.5) is 5.69 Å². The number of aldehydes is 2. The van der Waals surface area contributed by atoms with Crippen molar-refractivity contribution in [2.75, 3.05) is 0 Å². The molecular formula is C9H7NO4. The van der Waals surface area contributed by atoms with Crippen LogP contribution in [-0.2, 0) is 9.59 Å². The van der Waals surface area contributed by atoms with E-state index < -0.39 is 10.8 Å². The van der Waals surface area contributed by atoms with E-state index in [1.54, 1.807) is 0 Å². The summed E-state index contributed by atoms with van der Waals surface area (Å²) in [4.78, 5) is 30.5. The molecule has 0 radical (unpaired) electrons. The highest BCUT2D eigenvalue weighted by molar-refractivity contribution is 5.85. The van der Waals surface area contributed by atoms with Crippen molar-refractivity contribution in [3.63, 3.8) is 0 Å². The van der Waals surface area contributed by atoms with Crippen molar-refractivity contribution < 1.29 is 14.5 Å². The first-order valence-electron chi connectivity index (χ1n) is 3.84. The third kappa shape index (κ3) is 2.01. The number of nitro benzene ring substituents is 1. The average molecular weight is 193 g/mol. The van der Waals surface area contributed by atoms with Crippen LogP contribution in [0, 0.1) is 10.1 Å². The van der Waals surface area contributed by atoms with Crippen molar-refractivity contribution in [3.8, 4) is 0 Å². The van der Waals surface area contributed by atoms with Crippen LogP contribution >= 0.6 is 0 Å². The van der Waals surface area contributed by atoms with Gasteiger partial charge in [0.25, 0.3) is 5.69 Å². The summed E-state index contributed by atoms with van der Waals surface area (Å²) in [5.74, 6) is -0.837. The van der Waals surface area contributed by atoms with E-state index in [9.17, 15) is 19.7 Å². The van der Waals surface area contributed by atoms with Crippen LogP contribution < -0.4 is 0 Å². The molecule has 0 aliphatic rings. The fourth-order valence-electron chi connectivity index (χ4n) is 1.01. The maximum Gasteiger partial charge on any atom is 0.269 e. The molecule has 0 saturated heterocycles. The number of hydrogen-bond acceptors (Lipinski definition) is 4. The number of carbonyl (C=O) groups is 2. The highest BCUT2D eigenvalue weighted by Gasteiger charge is 2.10. The summed E-state index contributed by atoms with van der Waals surface area (Å²) in [5, 5.41) is 10.3. The van der Waals surface area contributed by atoms with Gasteiger partial charge < -0.3 is 9.59 Å². The number of nitro groups is 1. The van der Waals surface area contributed by atoms with Gasteiger partial charge in [0.15, 0.2) is 0 Å². The van der Waals surface area contributed by atoms with Crippen molar-refractivity contribution in [2.24, 2.45) is 0 Å². The number of rotatable bonds is 4. The second-order valence-corrected chi connectivity index (χ2v) is 2.65. The van der Waals surface area contributed by atoms with Crippen LogP contribution in [0.3, 0.4) is 0 Å². The lowest BCUT2D eigenvalue weighted by atomic mass is 10.0. The van der Waals surface area contributed by atoms with Gasteiger partial charge in [0.2, 0.25) is 0 Å². The Balaban J connectivity index is 2.98. The molecule has 1 aromatic carbocycles. The van der Waals surface area contributed by atoms with Gasteiger partial charge >= 0.3 is 0 Å². The molecule has 0 aliphatic carbocycles. The third-order valence-electron chi connectivity index (χ3n) is 1.78. The van der Waals surface area contributed by atoms with Crippen LogP contribution in [0.1, 0.15) is 11.5 Å². The Labute approximate surface area is 79.5 Å². The molecule has 1 aromatic rings. The molecule has 5 heteroatoms. The summed E-state index contributed by atoms with van der Waals surface area (Å²) in [6.45, 7) is 0. The maximum atomic E-state index is 10.4. The first-order valence-corrected chi connectivity index (χ1v) is 3.84. The van der Waals surface area contributed by atoms with Crippen LogP contribution in [0.15, 0.2) is 24.3 Å². The van der Waals surface area contributed by atoms with Crippen molar-refractivity contribution in [3.05, 3.63) is 39.9 Å². The van der Waals surface area contributed by atoms with Crippen molar-refractivity contribution >= 4 is 18.3 Å². The summed E-state index contributed by atoms with van der Waals surface area (Å²) < 4.78 is 0. The van der Waals surface area contributed by atoms with E-state index in [0.717, 1.165) is 0 Å². The Morgan fingerprint density at radius 3 is 2.00 bits per heavy atom. The normalized spacial score (nSPS) is 9.79. The molecule has 0 aliphatic heterocycles. The summed E-state index contributed by atoms with van der Waals surface area (Å²) in [6.07, 6.45) is 0.988. The molecule has 0 heterocycles. The lowest BCUT2D eigenvalue weighted by Gasteiger charge is -2.00. The molecule has 0 aromatic heterocycles. The van der Waals surface area contributed by atoms with Gasteiger partial charge in [0, 0.05) is 12.1 Å². The minimum absolute atomic E-state index is 0.0655. The molecule has 0 amide bonds. The van der Waals surface area contributed by atoms with E-state index in [-0.39, 0.29) is 5.69 Å². The second-order valence-electron chi connectivity index (χ2n) is 2.65. The van der Waals surface area contributed by atoms with Gasteiger partial charge in [-0.05, 0) is 5.56 Å². The van der Waals surface area contributed by atoms with E-state index in [1.165, 1.54) is 24.3 Å². The summed E-state index contributed by atoms with van der Waals surface area (Å²) in [6, 6.07) is 5.31. The van der Waals surface area contributed by atoms with Crippen molar-refractivity contribution in [2.45, 2.75) is 5.92 Å². The van der Waals surface area contributed by atoms with Gasteiger partial charge in [-0.3, -0.25) is 10.1 Å². The van der Waals surface area contributed by atoms with E-state index in [2.05, 4.69) is 0 Å². The fraction of sp³-hybridized carbons (Fsp3) is 0.111. The van der Waals surface area contributed by atoms with Crippen molar-refractivity contribution in [1.29, 1.82) is 0 Å². The fourth-order valence-corrected chi connectivity index (χ4v) is 1.01. The van der Waals surface area contributed by atoms with Gasteiger partial charge in [-0.15, -0.1) is 0 Å². The lowest BCUT2D eigenvalue weighted by Crippen LogP contribution is -2.01. The lowest BCUT2D eigenvalue weighted by molar-refractivity contribution is -0.384. The number of nitrogens with zero attached hydrogens (tertiary/aromatic N) is 1. The van der Waals surface area contributed by atoms with Gasteiger partial charge in [-0.25, -0.2) is 0 Å². The Morgan fingerprint density at radius 1 is 1.14 bits per heavy atom.